The van der Waals surface area contributed by atoms with Gasteiger partial charge in [-0.2, -0.15) is 5.10 Å². The predicted molar refractivity (Wildman–Crippen MR) is 84.1 cm³/mol. The molecule has 20 heavy (non-hydrogen) atoms. The summed E-state index contributed by atoms with van der Waals surface area (Å²) in [6, 6.07) is 12.1. The van der Waals surface area contributed by atoms with Crippen molar-refractivity contribution in [2.75, 3.05) is 12.4 Å². The number of benzene rings is 2. The average molecular weight is 332 g/mol. The van der Waals surface area contributed by atoms with Gasteiger partial charge in [0.05, 0.1) is 18.8 Å². The van der Waals surface area contributed by atoms with Crippen molar-refractivity contribution in [3.05, 3.63) is 52.6 Å². The maximum absolute atomic E-state index is 5.37. The van der Waals surface area contributed by atoms with Gasteiger partial charge < -0.3 is 10.1 Å². The van der Waals surface area contributed by atoms with E-state index in [2.05, 4.69) is 37.5 Å². The van der Waals surface area contributed by atoms with E-state index in [1.807, 2.05) is 36.5 Å². The molecule has 2 aromatic carbocycles. The molecule has 0 aliphatic rings. The fourth-order valence-electron chi connectivity index (χ4n) is 2.13. The third-order valence-electron chi connectivity index (χ3n) is 3.17. The maximum Gasteiger partial charge on any atom is 0.123 e. The summed E-state index contributed by atoms with van der Waals surface area (Å²) >= 11 is 3.48. The lowest BCUT2D eigenvalue weighted by atomic mass is 10.2. The van der Waals surface area contributed by atoms with Crippen LogP contribution in [0.3, 0.4) is 0 Å². The minimum atomic E-state index is 0.697. The normalized spacial score (nSPS) is 10.7. The van der Waals surface area contributed by atoms with Crippen LogP contribution in [0.4, 0.5) is 5.69 Å². The van der Waals surface area contributed by atoms with Crippen molar-refractivity contribution in [3.63, 3.8) is 0 Å². The lowest BCUT2D eigenvalue weighted by molar-refractivity contribution is 0.410. The number of aromatic amines is 1. The molecule has 0 aliphatic heterocycles. The van der Waals surface area contributed by atoms with Crippen molar-refractivity contribution in [1.29, 1.82) is 0 Å². The first kappa shape index (κ1) is 13.0. The molecule has 4 nitrogen and oxygen atoms in total. The molecular weight excluding hydrogens is 318 g/mol. The minimum absolute atomic E-state index is 0.697. The standard InChI is InChI=1S/C15H14BrN3O/c1-20-15-5-3-12(16)6-11(15)8-17-13-4-2-10-9-18-19-14(10)7-13/h2-7,9,17H,8H2,1H3,(H,18,19). The third-order valence-corrected chi connectivity index (χ3v) is 3.66. The van der Waals surface area contributed by atoms with Crippen LogP contribution in [0.5, 0.6) is 5.75 Å². The smallest absolute Gasteiger partial charge is 0.123 e. The Balaban J connectivity index is 1.80. The number of anilines is 1. The Morgan fingerprint density at radius 1 is 1.25 bits per heavy atom. The van der Waals surface area contributed by atoms with Crippen LogP contribution in [0.15, 0.2) is 47.1 Å². The van der Waals surface area contributed by atoms with Crippen molar-refractivity contribution >= 4 is 32.5 Å². The van der Waals surface area contributed by atoms with Crippen molar-refractivity contribution in [3.8, 4) is 5.75 Å². The van der Waals surface area contributed by atoms with Gasteiger partial charge in [-0.1, -0.05) is 15.9 Å². The van der Waals surface area contributed by atoms with Crippen LogP contribution in [0.1, 0.15) is 5.56 Å². The largest absolute Gasteiger partial charge is 0.496 e. The van der Waals surface area contributed by atoms with E-state index in [0.29, 0.717) is 6.54 Å². The Kier molecular flexibility index (Phi) is 3.60. The van der Waals surface area contributed by atoms with E-state index in [9.17, 15) is 0 Å². The second-order valence-corrected chi connectivity index (χ2v) is 5.40. The van der Waals surface area contributed by atoms with Crippen molar-refractivity contribution < 1.29 is 4.74 Å². The molecule has 5 heteroatoms. The number of nitrogens with zero attached hydrogens (tertiary/aromatic N) is 1. The molecule has 0 bridgehead atoms. The van der Waals surface area contributed by atoms with Crippen molar-refractivity contribution in [1.82, 2.24) is 10.2 Å². The van der Waals surface area contributed by atoms with Crippen LogP contribution < -0.4 is 10.1 Å². The number of nitrogens with one attached hydrogen (secondary N) is 2. The SMILES string of the molecule is COc1ccc(Br)cc1CNc1ccc2cn[nH]c2c1. The molecule has 0 unspecified atom stereocenters. The lowest BCUT2D eigenvalue weighted by Crippen LogP contribution is -2.01. The van der Waals surface area contributed by atoms with E-state index in [-0.39, 0.29) is 0 Å². The van der Waals surface area contributed by atoms with E-state index >= 15 is 0 Å². The molecule has 0 amide bonds. The Labute approximate surface area is 125 Å². The zero-order valence-electron chi connectivity index (χ0n) is 11.0. The monoisotopic (exact) mass is 331 g/mol. The van der Waals surface area contributed by atoms with Gasteiger partial charge in [0.15, 0.2) is 0 Å². The highest BCUT2D eigenvalue weighted by Gasteiger charge is 2.04. The zero-order chi connectivity index (χ0) is 13.9. The summed E-state index contributed by atoms with van der Waals surface area (Å²) in [5.74, 6) is 0.878. The minimum Gasteiger partial charge on any atom is -0.496 e. The van der Waals surface area contributed by atoms with Gasteiger partial charge in [0.1, 0.15) is 5.75 Å². The van der Waals surface area contributed by atoms with Gasteiger partial charge in [-0.25, -0.2) is 0 Å². The fourth-order valence-corrected chi connectivity index (χ4v) is 2.54. The number of rotatable bonds is 4. The van der Waals surface area contributed by atoms with Gasteiger partial charge >= 0.3 is 0 Å². The van der Waals surface area contributed by atoms with Crippen LogP contribution >= 0.6 is 15.9 Å². The molecule has 102 valence electrons. The molecule has 0 atom stereocenters. The number of ether oxygens (including phenoxy) is 1. The van der Waals surface area contributed by atoms with Gasteiger partial charge in [0.2, 0.25) is 0 Å². The summed E-state index contributed by atoms with van der Waals surface area (Å²) in [4.78, 5) is 0. The predicted octanol–water partition coefficient (Wildman–Crippen LogP) is 3.95. The molecule has 2 N–H and O–H groups in total. The van der Waals surface area contributed by atoms with E-state index in [0.717, 1.165) is 32.4 Å². The van der Waals surface area contributed by atoms with Gasteiger partial charge in [-0.15, -0.1) is 0 Å². The summed E-state index contributed by atoms with van der Waals surface area (Å²) in [5, 5.41) is 11.5. The van der Waals surface area contributed by atoms with E-state index in [4.69, 9.17) is 4.74 Å². The van der Waals surface area contributed by atoms with E-state index in [1.165, 1.54) is 0 Å². The molecule has 3 rings (SSSR count). The number of halogens is 1. The fraction of sp³-hybridized carbons (Fsp3) is 0.133. The summed E-state index contributed by atoms with van der Waals surface area (Å²) in [5.41, 5.74) is 3.17. The molecule has 0 fully saturated rings. The average Bonchev–Trinajstić information content (AvgIpc) is 2.92. The highest BCUT2D eigenvalue weighted by atomic mass is 79.9. The molecular formula is C15H14BrN3O. The first-order valence-corrected chi connectivity index (χ1v) is 7.05. The summed E-state index contributed by atoms with van der Waals surface area (Å²) in [6.45, 7) is 0.697. The number of H-pyrrole nitrogens is 1. The van der Waals surface area contributed by atoms with Crippen LogP contribution in [0.25, 0.3) is 10.9 Å². The molecule has 0 spiro atoms. The Bertz CT molecular complexity index is 739. The van der Waals surface area contributed by atoms with Gasteiger partial charge in [-0.05, 0) is 36.4 Å². The molecule has 1 aromatic heterocycles. The van der Waals surface area contributed by atoms with Gasteiger partial charge in [0.25, 0.3) is 0 Å². The van der Waals surface area contributed by atoms with E-state index in [1.54, 1.807) is 7.11 Å². The highest BCUT2D eigenvalue weighted by molar-refractivity contribution is 9.10. The highest BCUT2D eigenvalue weighted by Crippen LogP contribution is 2.24. The topological polar surface area (TPSA) is 49.9 Å². The molecule has 0 saturated heterocycles. The first-order chi connectivity index (χ1) is 9.76. The van der Waals surface area contributed by atoms with Crippen LogP contribution in [-0.2, 0) is 6.54 Å². The summed E-state index contributed by atoms with van der Waals surface area (Å²) < 4.78 is 6.41. The molecule has 1 heterocycles. The van der Waals surface area contributed by atoms with Crippen LogP contribution in [0, 0.1) is 0 Å². The summed E-state index contributed by atoms with van der Waals surface area (Å²) in [7, 11) is 1.68. The number of fused-ring (bicyclic) bond motifs is 1. The van der Waals surface area contributed by atoms with Crippen LogP contribution in [-0.4, -0.2) is 17.3 Å². The number of hydrogen-bond acceptors (Lipinski definition) is 3. The Morgan fingerprint density at radius 2 is 2.15 bits per heavy atom. The number of methoxy groups -OCH3 is 1. The number of aromatic nitrogens is 2. The van der Waals surface area contributed by atoms with Crippen molar-refractivity contribution in [2.24, 2.45) is 0 Å². The molecule has 0 saturated carbocycles. The first-order valence-electron chi connectivity index (χ1n) is 6.26. The second kappa shape index (κ2) is 5.54. The maximum atomic E-state index is 5.37. The second-order valence-electron chi connectivity index (χ2n) is 4.48. The molecule has 0 aliphatic carbocycles. The third kappa shape index (κ3) is 2.63. The summed E-state index contributed by atoms with van der Waals surface area (Å²) in [6.07, 6.45) is 1.82. The lowest BCUT2D eigenvalue weighted by Gasteiger charge is -2.11. The zero-order valence-corrected chi connectivity index (χ0v) is 12.6. The van der Waals surface area contributed by atoms with Crippen molar-refractivity contribution in [2.45, 2.75) is 6.54 Å². The molecule has 0 radical (unpaired) electrons. The van der Waals surface area contributed by atoms with Crippen LogP contribution in [0.2, 0.25) is 0 Å². The van der Waals surface area contributed by atoms with Gasteiger partial charge in [-0.3, -0.25) is 5.10 Å². The quantitative estimate of drug-likeness (QED) is 0.761. The number of hydrogen-bond donors (Lipinski definition) is 2. The van der Waals surface area contributed by atoms with Gasteiger partial charge in [0, 0.05) is 27.7 Å². The molecule has 3 aromatic rings. The van der Waals surface area contributed by atoms with E-state index < -0.39 is 0 Å². The Hall–Kier alpha value is -2.01. The Morgan fingerprint density at radius 3 is 3.00 bits per heavy atom.